The summed E-state index contributed by atoms with van der Waals surface area (Å²) in [6.45, 7) is 6.49. The molecule has 0 fully saturated rings. The number of hydrogen-bond donors (Lipinski definition) is 3. The summed E-state index contributed by atoms with van der Waals surface area (Å²) in [6, 6.07) is 11.2. The zero-order chi connectivity index (χ0) is 26.9. The molecule has 0 aromatic heterocycles. The maximum absolute atomic E-state index is 12.9. The van der Waals surface area contributed by atoms with Gasteiger partial charge in [-0.15, -0.1) is 0 Å². The molecule has 0 bridgehead atoms. The van der Waals surface area contributed by atoms with Crippen molar-refractivity contribution in [2.45, 2.75) is 59.3 Å². The van der Waals surface area contributed by atoms with E-state index in [-0.39, 0.29) is 30.6 Å². The Morgan fingerprint density at radius 1 is 0.946 bits per heavy atom. The monoisotopic (exact) mass is 503 g/mol. The first-order valence-electron chi connectivity index (χ1n) is 13.0. The highest BCUT2D eigenvalue weighted by Gasteiger charge is 2.31. The molecule has 37 heavy (non-hydrogen) atoms. The highest BCUT2D eigenvalue weighted by molar-refractivity contribution is 6.52. The minimum atomic E-state index is -0.475. The van der Waals surface area contributed by atoms with Crippen molar-refractivity contribution >= 4 is 40.7 Å². The number of allylic oxidation sites excluding steroid dienone is 1. The smallest absolute Gasteiger partial charge is 0.234 e. The van der Waals surface area contributed by atoms with Gasteiger partial charge in [0.2, 0.25) is 17.5 Å². The highest BCUT2D eigenvalue weighted by Crippen LogP contribution is 2.30. The molecule has 0 saturated carbocycles. The second-order valence-corrected chi connectivity index (χ2v) is 9.88. The topological polar surface area (TPSA) is 118 Å². The highest BCUT2D eigenvalue weighted by atomic mass is 16.2. The molecule has 2 aromatic carbocycles. The molecule has 196 valence electrons. The van der Waals surface area contributed by atoms with E-state index in [0.717, 1.165) is 41.6 Å². The molecule has 1 amide bonds. The lowest BCUT2D eigenvalue weighted by atomic mass is 9.81. The zero-order valence-electron chi connectivity index (χ0n) is 22.0. The molecule has 0 saturated heterocycles. The van der Waals surface area contributed by atoms with E-state index in [1.54, 1.807) is 6.07 Å². The fourth-order valence-electron chi connectivity index (χ4n) is 4.51. The number of hydrogen-bond acceptors (Lipinski definition) is 6. The largest absolute Gasteiger partial charge is 0.397 e. The van der Waals surface area contributed by atoms with Crippen LogP contribution in [0.25, 0.3) is 6.08 Å². The first-order chi connectivity index (χ1) is 17.7. The summed E-state index contributed by atoms with van der Waals surface area (Å²) in [4.78, 5) is 50.0. The fraction of sp³-hybridized carbons (Fsp3) is 0.400. The Hall–Kier alpha value is -3.74. The van der Waals surface area contributed by atoms with E-state index >= 15 is 0 Å². The third kappa shape index (κ3) is 7.38. The summed E-state index contributed by atoms with van der Waals surface area (Å²) in [5.74, 6) is -0.916. The average molecular weight is 504 g/mol. The van der Waals surface area contributed by atoms with Gasteiger partial charge in [-0.1, -0.05) is 44.5 Å². The number of anilines is 2. The summed E-state index contributed by atoms with van der Waals surface area (Å²) >= 11 is 0. The maximum Gasteiger partial charge on any atom is 0.234 e. The van der Waals surface area contributed by atoms with Gasteiger partial charge in [0.05, 0.1) is 17.9 Å². The molecule has 7 heteroatoms. The maximum atomic E-state index is 12.9. The van der Waals surface area contributed by atoms with Crippen LogP contribution in [-0.2, 0) is 20.8 Å². The molecule has 3 rings (SSSR count). The summed E-state index contributed by atoms with van der Waals surface area (Å²) in [6.07, 6.45) is 5.32. The number of para-hydroxylation sites is 2. The summed E-state index contributed by atoms with van der Waals surface area (Å²) in [5, 5.41) is 5.99. The lowest BCUT2D eigenvalue weighted by molar-refractivity contribution is -0.121. The van der Waals surface area contributed by atoms with Gasteiger partial charge < -0.3 is 16.4 Å². The van der Waals surface area contributed by atoms with E-state index in [2.05, 4.69) is 10.6 Å². The second kappa shape index (κ2) is 13.0. The van der Waals surface area contributed by atoms with Gasteiger partial charge in [0.15, 0.2) is 5.78 Å². The Labute approximate surface area is 218 Å². The van der Waals surface area contributed by atoms with Gasteiger partial charge in [0, 0.05) is 30.5 Å². The van der Waals surface area contributed by atoms with Crippen molar-refractivity contribution < 1.29 is 19.2 Å². The van der Waals surface area contributed by atoms with Gasteiger partial charge in [-0.05, 0) is 67.0 Å². The van der Waals surface area contributed by atoms with Crippen LogP contribution in [0.5, 0.6) is 0 Å². The van der Waals surface area contributed by atoms with Crippen molar-refractivity contribution in [2.75, 3.05) is 24.1 Å². The third-order valence-electron chi connectivity index (χ3n) is 6.70. The van der Waals surface area contributed by atoms with Crippen LogP contribution in [0.2, 0.25) is 0 Å². The van der Waals surface area contributed by atoms with Crippen molar-refractivity contribution in [3.63, 3.8) is 0 Å². The van der Waals surface area contributed by atoms with E-state index in [9.17, 15) is 19.2 Å². The molecular formula is C30H37N3O4. The quantitative estimate of drug-likeness (QED) is 0.208. The number of nitrogens with two attached hydrogens (primary N) is 1. The molecule has 0 aliphatic heterocycles. The summed E-state index contributed by atoms with van der Waals surface area (Å²) < 4.78 is 0. The molecule has 0 unspecified atom stereocenters. The van der Waals surface area contributed by atoms with E-state index in [0.29, 0.717) is 36.2 Å². The minimum Gasteiger partial charge on any atom is -0.397 e. The number of benzene rings is 2. The number of aryl methyl sites for hydroxylation is 1. The van der Waals surface area contributed by atoms with Crippen LogP contribution < -0.4 is 16.4 Å². The Kier molecular flexibility index (Phi) is 9.78. The molecule has 0 heterocycles. The average Bonchev–Trinajstić information content (AvgIpc) is 2.87. The minimum absolute atomic E-state index is 0.0245. The number of carbonyl (C=O) groups excluding carboxylic acids is 4. The van der Waals surface area contributed by atoms with Crippen molar-refractivity contribution in [2.24, 2.45) is 5.92 Å². The standard InChI is InChI=1S/C30H37N3O4/c1-19(2)24-17-21-13-12-20(3)23(28(21)30(37)29(24)36)14-15-27(35)32-16-8-4-5-9-22(34)18-33-26-11-7-6-10-25(26)31/h6-7,10-13,17,19,33H,4-5,8-9,14-16,18,31H2,1-3H3,(H,32,35). The van der Waals surface area contributed by atoms with Crippen molar-refractivity contribution in [1.29, 1.82) is 0 Å². The number of rotatable bonds is 13. The molecule has 7 nitrogen and oxygen atoms in total. The summed E-state index contributed by atoms with van der Waals surface area (Å²) in [5.41, 5.74) is 10.6. The van der Waals surface area contributed by atoms with Crippen LogP contribution in [0, 0.1) is 12.8 Å². The molecule has 0 atom stereocenters. The van der Waals surface area contributed by atoms with Crippen molar-refractivity contribution in [3.05, 3.63) is 64.2 Å². The number of fused-ring (bicyclic) bond motifs is 1. The number of carbonyl (C=O) groups is 4. The fourth-order valence-corrected chi connectivity index (χ4v) is 4.51. The van der Waals surface area contributed by atoms with Crippen LogP contribution in [0.1, 0.15) is 73.0 Å². The Morgan fingerprint density at radius 3 is 2.43 bits per heavy atom. The van der Waals surface area contributed by atoms with Crippen molar-refractivity contribution in [3.8, 4) is 0 Å². The predicted molar refractivity (Wildman–Crippen MR) is 147 cm³/mol. The van der Waals surface area contributed by atoms with E-state index in [1.165, 1.54) is 0 Å². The Morgan fingerprint density at radius 2 is 1.70 bits per heavy atom. The Bertz CT molecular complexity index is 1210. The predicted octanol–water partition coefficient (Wildman–Crippen LogP) is 4.67. The first kappa shape index (κ1) is 27.8. The van der Waals surface area contributed by atoms with Gasteiger partial charge in [0.25, 0.3) is 0 Å². The third-order valence-corrected chi connectivity index (χ3v) is 6.70. The van der Waals surface area contributed by atoms with Crippen LogP contribution in [0.3, 0.4) is 0 Å². The second-order valence-electron chi connectivity index (χ2n) is 9.88. The summed E-state index contributed by atoms with van der Waals surface area (Å²) in [7, 11) is 0. The van der Waals surface area contributed by atoms with E-state index in [1.807, 2.05) is 57.2 Å². The number of ketones is 3. The molecule has 1 aliphatic carbocycles. The lowest BCUT2D eigenvalue weighted by Crippen LogP contribution is -2.27. The molecular weight excluding hydrogens is 466 g/mol. The number of Topliss-reactive ketones (excluding diaryl/α,β-unsaturated/α-hetero) is 3. The van der Waals surface area contributed by atoms with Gasteiger partial charge in [0.1, 0.15) is 0 Å². The first-order valence-corrected chi connectivity index (χ1v) is 13.0. The molecule has 0 radical (unpaired) electrons. The molecule has 1 aliphatic rings. The van der Waals surface area contributed by atoms with Gasteiger partial charge in [-0.2, -0.15) is 0 Å². The normalized spacial score (nSPS) is 12.8. The number of nitrogen functional groups attached to an aromatic ring is 1. The van der Waals surface area contributed by atoms with Gasteiger partial charge >= 0.3 is 0 Å². The van der Waals surface area contributed by atoms with Crippen LogP contribution in [0.15, 0.2) is 42.0 Å². The van der Waals surface area contributed by atoms with Crippen LogP contribution in [0.4, 0.5) is 11.4 Å². The Balaban J connectivity index is 1.39. The van der Waals surface area contributed by atoms with E-state index < -0.39 is 11.6 Å². The SMILES string of the molecule is Cc1ccc2c(c1CCC(=O)NCCCCCC(=O)CNc1ccccc1N)C(=O)C(=O)C(C(C)C)=C2. The molecule has 4 N–H and O–H groups in total. The van der Waals surface area contributed by atoms with Gasteiger partial charge in [-0.3, -0.25) is 19.2 Å². The van der Waals surface area contributed by atoms with E-state index in [4.69, 9.17) is 5.73 Å². The molecule has 0 spiro atoms. The van der Waals surface area contributed by atoms with Crippen molar-refractivity contribution in [1.82, 2.24) is 5.32 Å². The van der Waals surface area contributed by atoms with Crippen LogP contribution >= 0.6 is 0 Å². The number of amides is 1. The van der Waals surface area contributed by atoms with Crippen LogP contribution in [-0.4, -0.2) is 36.3 Å². The zero-order valence-corrected chi connectivity index (χ0v) is 22.0. The number of nitrogens with one attached hydrogen (secondary N) is 2. The van der Waals surface area contributed by atoms with Gasteiger partial charge in [-0.25, -0.2) is 0 Å². The lowest BCUT2D eigenvalue weighted by Gasteiger charge is -2.21. The number of unbranched alkanes of at least 4 members (excludes halogenated alkanes) is 2. The molecule has 2 aromatic rings.